The van der Waals surface area contributed by atoms with Crippen LogP contribution in [0.25, 0.3) is 0 Å². The second kappa shape index (κ2) is 6.20. The van der Waals surface area contributed by atoms with Gasteiger partial charge in [-0.1, -0.05) is 12.1 Å². The minimum atomic E-state index is -4.49. The van der Waals surface area contributed by atoms with Crippen LogP contribution in [-0.4, -0.2) is 36.1 Å². The fourth-order valence-electron chi connectivity index (χ4n) is 2.49. The van der Waals surface area contributed by atoms with Crippen molar-refractivity contribution in [3.05, 3.63) is 34.4 Å². The number of nitro benzene ring substituents is 1. The first kappa shape index (κ1) is 16.1. The minimum absolute atomic E-state index is 0.168. The SMILES string of the molecule is O=C(NCC(F)(F)F)C1CCCN1c1ccccc1[N+](=O)[O-]. The fraction of sp³-hybridized carbons (Fsp3) is 0.462. The molecule has 1 aliphatic rings. The van der Waals surface area contributed by atoms with E-state index in [-0.39, 0.29) is 11.4 Å². The summed E-state index contributed by atoms with van der Waals surface area (Å²) in [5.41, 5.74) is 0.0789. The molecular formula is C13H14F3N3O3. The molecule has 1 heterocycles. The molecule has 9 heteroatoms. The molecule has 1 fully saturated rings. The van der Waals surface area contributed by atoms with Crippen molar-refractivity contribution in [3.63, 3.8) is 0 Å². The van der Waals surface area contributed by atoms with E-state index in [1.807, 2.05) is 5.32 Å². The molecule has 1 saturated heterocycles. The van der Waals surface area contributed by atoms with Crippen molar-refractivity contribution >= 4 is 17.3 Å². The van der Waals surface area contributed by atoms with Gasteiger partial charge in [-0.15, -0.1) is 0 Å². The van der Waals surface area contributed by atoms with Gasteiger partial charge in [0.25, 0.3) is 5.69 Å². The molecule has 0 aliphatic carbocycles. The first-order valence-corrected chi connectivity index (χ1v) is 6.64. The molecule has 1 N–H and O–H groups in total. The highest BCUT2D eigenvalue weighted by Crippen LogP contribution is 2.33. The van der Waals surface area contributed by atoms with Gasteiger partial charge in [-0.05, 0) is 18.9 Å². The Morgan fingerprint density at radius 3 is 2.73 bits per heavy atom. The fourth-order valence-corrected chi connectivity index (χ4v) is 2.49. The summed E-state index contributed by atoms with van der Waals surface area (Å²) in [5, 5.41) is 12.9. The van der Waals surface area contributed by atoms with Crippen LogP contribution >= 0.6 is 0 Å². The van der Waals surface area contributed by atoms with Crippen LogP contribution in [0.1, 0.15) is 12.8 Å². The highest BCUT2D eigenvalue weighted by Gasteiger charge is 2.36. The molecule has 0 bridgehead atoms. The van der Waals surface area contributed by atoms with Crippen LogP contribution in [0.2, 0.25) is 0 Å². The summed E-state index contributed by atoms with van der Waals surface area (Å²) in [6.45, 7) is -1.03. The Morgan fingerprint density at radius 2 is 2.09 bits per heavy atom. The number of hydrogen-bond acceptors (Lipinski definition) is 4. The Kier molecular flexibility index (Phi) is 4.53. The van der Waals surface area contributed by atoms with Gasteiger partial charge in [0.05, 0.1) is 4.92 Å². The number of hydrogen-bond donors (Lipinski definition) is 1. The number of carbonyl (C=O) groups excluding carboxylic acids is 1. The van der Waals surface area contributed by atoms with Crippen molar-refractivity contribution in [2.24, 2.45) is 0 Å². The van der Waals surface area contributed by atoms with Crippen molar-refractivity contribution in [2.45, 2.75) is 25.1 Å². The van der Waals surface area contributed by atoms with Gasteiger partial charge in [-0.25, -0.2) is 0 Å². The number of carbonyl (C=O) groups is 1. The molecule has 1 aliphatic heterocycles. The van der Waals surface area contributed by atoms with Crippen LogP contribution in [0.5, 0.6) is 0 Å². The molecule has 1 unspecified atom stereocenters. The number of para-hydroxylation sites is 2. The van der Waals surface area contributed by atoms with Gasteiger partial charge in [-0.2, -0.15) is 13.2 Å². The lowest BCUT2D eigenvalue weighted by Crippen LogP contribution is -2.46. The van der Waals surface area contributed by atoms with E-state index in [2.05, 4.69) is 0 Å². The highest BCUT2D eigenvalue weighted by atomic mass is 19.4. The van der Waals surface area contributed by atoms with Crippen LogP contribution in [-0.2, 0) is 4.79 Å². The highest BCUT2D eigenvalue weighted by molar-refractivity contribution is 5.87. The molecule has 6 nitrogen and oxygen atoms in total. The molecule has 2 rings (SSSR count). The standard InChI is InChI=1S/C13H14F3N3O3/c14-13(15,16)8-17-12(20)11-6-3-7-18(11)9-4-1-2-5-10(9)19(21)22/h1-2,4-5,11H,3,6-8H2,(H,17,20). The van der Waals surface area contributed by atoms with Gasteiger partial charge in [0.2, 0.25) is 5.91 Å². The third kappa shape index (κ3) is 3.66. The Hall–Kier alpha value is -2.32. The Labute approximate surface area is 124 Å². The number of nitrogens with one attached hydrogen (secondary N) is 1. The lowest BCUT2D eigenvalue weighted by molar-refractivity contribution is -0.384. The smallest absolute Gasteiger partial charge is 0.354 e. The predicted molar refractivity (Wildman–Crippen MR) is 72.5 cm³/mol. The maximum Gasteiger partial charge on any atom is 0.405 e. The number of halogens is 3. The lowest BCUT2D eigenvalue weighted by Gasteiger charge is -2.25. The largest absolute Gasteiger partial charge is 0.405 e. The zero-order valence-corrected chi connectivity index (χ0v) is 11.5. The van der Waals surface area contributed by atoms with Crippen LogP contribution in [0.15, 0.2) is 24.3 Å². The second-order valence-electron chi connectivity index (χ2n) is 4.93. The van der Waals surface area contributed by atoms with Crippen LogP contribution in [0.4, 0.5) is 24.5 Å². The number of rotatable bonds is 4. The lowest BCUT2D eigenvalue weighted by atomic mass is 10.1. The molecule has 22 heavy (non-hydrogen) atoms. The van der Waals surface area contributed by atoms with E-state index >= 15 is 0 Å². The average Bonchev–Trinajstić information content (AvgIpc) is 2.93. The summed E-state index contributed by atoms with van der Waals surface area (Å²) in [7, 11) is 0. The zero-order chi connectivity index (χ0) is 16.3. The van der Waals surface area contributed by atoms with E-state index in [1.54, 1.807) is 6.07 Å². The Morgan fingerprint density at radius 1 is 1.41 bits per heavy atom. The first-order valence-electron chi connectivity index (χ1n) is 6.64. The van der Waals surface area contributed by atoms with Gasteiger partial charge >= 0.3 is 6.18 Å². The number of amides is 1. The van der Waals surface area contributed by atoms with Crippen molar-refractivity contribution in [1.29, 1.82) is 0 Å². The van der Waals surface area contributed by atoms with Crippen LogP contribution in [0, 0.1) is 10.1 Å². The molecule has 0 aromatic heterocycles. The number of anilines is 1. The number of alkyl halides is 3. The maximum absolute atomic E-state index is 12.2. The average molecular weight is 317 g/mol. The minimum Gasteiger partial charge on any atom is -0.354 e. The third-order valence-electron chi connectivity index (χ3n) is 3.41. The molecule has 0 saturated carbocycles. The molecule has 1 amide bonds. The van der Waals surface area contributed by atoms with E-state index in [1.165, 1.54) is 23.1 Å². The van der Waals surface area contributed by atoms with E-state index < -0.39 is 29.6 Å². The van der Waals surface area contributed by atoms with E-state index in [0.717, 1.165) is 0 Å². The molecule has 1 aromatic carbocycles. The van der Waals surface area contributed by atoms with E-state index in [4.69, 9.17) is 0 Å². The van der Waals surface area contributed by atoms with E-state index in [9.17, 15) is 28.1 Å². The monoisotopic (exact) mass is 317 g/mol. The van der Waals surface area contributed by atoms with Gasteiger partial charge in [0, 0.05) is 12.6 Å². The van der Waals surface area contributed by atoms with Crippen molar-refractivity contribution < 1.29 is 22.9 Å². The summed E-state index contributed by atoms with van der Waals surface area (Å²) in [5.74, 6) is -0.770. The quantitative estimate of drug-likeness (QED) is 0.682. The Balaban J connectivity index is 2.17. The zero-order valence-electron chi connectivity index (χ0n) is 11.5. The summed E-state index contributed by atoms with van der Waals surface area (Å²) in [6.07, 6.45) is -3.55. The summed E-state index contributed by atoms with van der Waals surface area (Å²) in [6, 6.07) is 5.05. The number of nitrogens with zero attached hydrogens (tertiary/aromatic N) is 2. The first-order chi connectivity index (χ1) is 10.3. The topological polar surface area (TPSA) is 75.5 Å². The van der Waals surface area contributed by atoms with Crippen molar-refractivity contribution in [3.8, 4) is 0 Å². The molecule has 1 atom stereocenters. The summed E-state index contributed by atoms with van der Waals surface area (Å²) in [4.78, 5) is 23.9. The van der Waals surface area contributed by atoms with Gasteiger partial charge in [0.1, 0.15) is 18.3 Å². The molecule has 1 aromatic rings. The van der Waals surface area contributed by atoms with Gasteiger partial charge in [-0.3, -0.25) is 14.9 Å². The van der Waals surface area contributed by atoms with Gasteiger partial charge in [0.15, 0.2) is 0 Å². The second-order valence-corrected chi connectivity index (χ2v) is 4.93. The summed E-state index contributed by atoms with van der Waals surface area (Å²) >= 11 is 0. The molecule has 0 spiro atoms. The normalized spacial score (nSPS) is 18.3. The van der Waals surface area contributed by atoms with Crippen LogP contribution < -0.4 is 10.2 Å². The van der Waals surface area contributed by atoms with Crippen molar-refractivity contribution in [2.75, 3.05) is 18.0 Å². The Bertz CT molecular complexity index is 577. The number of benzene rings is 1. The van der Waals surface area contributed by atoms with Crippen molar-refractivity contribution in [1.82, 2.24) is 5.32 Å². The third-order valence-corrected chi connectivity index (χ3v) is 3.41. The predicted octanol–water partition coefficient (Wildman–Crippen LogP) is 2.24. The summed E-state index contributed by atoms with van der Waals surface area (Å²) < 4.78 is 36.5. The van der Waals surface area contributed by atoms with Crippen LogP contribution in [0.3, 0.4) is 0 Å². The molecule has 0 radical (unpaired) electrons. The van der Waals surface area contributed by atoms with Gasteiger partial charge < -0.3 is 10.2 Å². The molecule has 120 valence electrons. The number of nitro groups is 1. The maximum atomic E-state index is 12.2. The molecular weight excluding hydrogens is 303 g/mol. The van der Waals surface area contributed by atoms with E-state index in [0.29, 0.717) is 19.4 Å².